The molecule has 3 heterocycles. The highest BCUT2D eigenvalue weighted by Crippen LogP contribution is 2.18. The number of methoxy groups -OCH3 is 1. The fourth-order valence-corrected chi connectivity index (χ4v) is 6.96. The van der Waals surface area contributed by atoms with Gasteiger partial charge in [-0.2, -0.15) is 9.46 Å². The second-order valence-electron chi connectivity index (χ2n) is 11.3. The molecule has 0 aliphatic carbocycles. The Kier molecular flexibility index (Phi) is 11.7. The summed E-state index contributed by atoms with van der Waals surface area (Å²) in [5.41, 5.74) is 3.71. The van der Waals surface area contributed by atoms with Crippen LogP contribution in [0.1, 0.15) is 49.8 Å². The van der Waals surface area contributed by atoms with Crippen molar-refractivity contribution in [1.29, 1.82) is 0 Å². The smallest absolute Gasteiger partial charge is 0.323 e. The van der Waals surface area contributed by atoms with Crippen LogP contribution in [0, 0.1) is 18.8 Å². The van der Waals surface area contributed by atoms with Crippen molar-refractivity contribution in [3.05, 3.63) is 125 Å². The number of hydrogen-bond donors (Lipinski definition) is 3. The summed E-state index contributed by atoms with van der Waals surface area (Å²) in [6, 6.07) is 18.3. The second kappa shape index (κ2) is 16.5. The maximum Gasteiger partial charge on any atom is 0.323 e. The fraction of sp³-hybridized carbons (Fsp3) is 0.222. The van der Waals surface area contributed by atoms with Gasteiger partial charge < -0.3 is 20.4 Å². The van der Waals surface area contributed by atoms with E-state index in [9.17, 15) is 18.6 Å². The van der Waals surface area contributed by atoms with Gasteiger partial charge in [0.1, 0.15) is 11.7 Å². The largest absolute Gasteiger partial charge is 0.468 e. The molecule has 0 saturated heterocycles. The predicted octanol–water partition coefficient (Wildman–Crippen LogP) is 3.93. The van der Waals surface area contributed by atoms with Gasteiger partial charge in [-0.3, -0.25) is 24.0 Å². The number of pyridine rings is 1. The summed E-state index contributed by atoms with van der Waals surface area (Å²) in [6.45, 7) is 2.14. The van der Waals surface area contributed by atoms with Gasteiger partial charge in [0.15, 0.2) is 0 Å². The molecule has 0 unspecified atom stereocenters. The van der Waals surface area contributed by atoms with E-state index < -0.39 is 27.6 Å². The number of nitrogens with one attached hydrogen (secondary N) is 3. The highest BCUT2D eigenvalue weighted by Gasteiger charge is 2.21. The molecule has 2 atom stereocenters. The molecule has 0 aliphatic rings. The molecule has 3 N–H and O–H groups in total. The van der Waals surface area contributed by atoms with Crippen LogP contribution in [-0.2, 0) is 32.7 Å². The number of H-pyrrole nitrogens is 1. The maximum atomic E-state index is 14.3. The van der Waals surface area contributed by atoms with Crippen LogP contribution < -0.4 is 10.6 Å². The van der Waals surface area contributed by atoms with E-state index in [-0.39, 0.29) is 17.2 Å². The first-order valence-electron chi connectivity index (χ1n) is 15.7. The summed E-state index contributed by atoms with van der Waals surface area (Å²) >= 11 is 0. The van der Waals surface area contributed by atoms with Gasteiger partial charge in [0.25, 0.3) is 11.8 Å². The molecule has 0 spiro atoms. The van der Waals surface area contributed by atoms with Gasteiger partial charge in [0.05, 0.1) is 34.4 Å². The Morgan fingerprint density at radius 3 is 2.52 bits per heavy atom. The van der Waals surface area contributed by atoms with E-state index in [4.69, 9.17) is 4.74 Å². The molecule has 50 heavy (non-hydrogen) atoms. The Labute approximate surface area is 290 Å². The standard InChI is InChI=1S/C36H36N8O5S/c1-25-17-33(44(2)42-25)35(46)41-29-10-7-9-26(19-29)13-14-27-18-28(22-37-21-27)34(45)43-50(48,31-11-5-4-6-12-31)16-8-15-39-32(36(47)49-3)20-30-23-38-24-40-30/h4-7,9-12,17-19,21-24,32,39H,8,15-16,20H2,1-3H3,(H,38,40)(H,41,46)/t32-,50-/m0/s1. The topological polar surface area (TPSA) is 173 Å². The highest BCUT2D eigenvalue weighted by atomic mass is 32.2. The van der Waals surface area contributed by atoms with E-state index in [1.165, 1.54) is 30.5 Å². The van der Waals surface area contributed by atoms with Gasteiger partial charge in [0, 0.05) is 65.2 Å². The Bertz CT molecular complexity index is 2160. The summed E-state index contributed by atoms with van der Waals surface area (Å²) < 4.78 is 25.0. The number of esters is 1. The van der Waals surface area contributed by atoms with E-state index in [1.807, 2.05) is 6.92 Å². The predicted molar refractivity (Wildman–Crippen MR) is 188 cm³/mol. The molecular weight excluding hydrogens is 657 g/mol. The van der Waals surface area contributed by atoms with Crippen molar-refractivity contribution in [3.8, 4) is 11.8 Å². The molecule has 0 aliphatic heterocycles. The normalized spacial score (nSPS) is 12.5. The van der Waals surface area contributed by atoms with Gasteiger partial charge in [-0.25, -0.2) is 9.19 Å². The number of benzene rings is 2. The molecule has 256 valence electrons. The summed E-state index contributed by atoms with van der Waals surface area (Å²) in [5, 5.41) is 10.2. The van der Waals surface area contributed by atoms with Gasteiger partial charge >= 0.3 is 5.97 Å². The molecule has 0 fully saturated rings. The number of imidazole rings is 1. The average Bonchev–Trinajstić information content (AvgIpc) is 3.77. The maximum absolute atomic E-state index is 14.3. The monoisotopic (exact) mass is 692 g/mol. The third-order valence-corrected chi connectivity index (χ3v) is 9.80. The van der Waals surface area contributed by atoms with E-state index in [0.717, 1.165) is 11.4 Å². The summed E-state index contributed by atoms with van der Waals surface area (Å²) in [5.74, 6) is 4.68. The number of hydrogen-bond acceptors (Lipinski definition) is 9. The molecule has 3 aromatic heterocycles. The molecule has 5 rings (SSSR count). The number of aryl methyl sites for hydroxylation is 2. The first kappa shape index (κ1) is 35.4. The zero-order valence-corrected chi connectivity index (χ0v) is 28.6. The number of nitrogens with zero attached hydrogens (tertiary/aromatic N) is 5. The molecule has 0 bridgehead atoms. The van der Waals surface area contributed by atoms with Crippen molar-refractivity contribution in [3.63, 3.8) is 0 Å². The lowest BCUT2D eigenvalue weighted by molar-refractivity contribution is -0.143. The molecule has 5 aromatic rings. The van der Waals surface area contributed by atoms with Crippen LogP contribution in [0.15, 0.2) is 101 Å². The molecule has 0 saturated carbocycles. The Balaban J connectivity index is 1.29. The minimum absolute atomic E-state index is 0.0632. The minimum Gasteiger partial charge on any atom is -0.468 e. The Morgan fingerprint density at radius 2 is 1.80 bits per heavy atom. The summed E-state index contributed by atoms with van der Waals surface area (Å²) in [6.07, 6.45) is 6.72. The number of rotatable bonds is 12. The highest BCUT2D eigenvalue weighted by molar-refractivity contribution is 7.94. The summed E-state index contributed by atoms with van der Waals surface area (Å²) in [4.78, 5) is 50.0. The lowest BCUT2D eigenvalue weighted by Gasteiger charge is -2.16. The third-order valence-electron chi connectivity index (χ3n) is 7.49. The van der Waals surface area contributed by atoms with Crippen LogP contribution in [-0.4, -0.2) is 72.2 Å². The molecule has 0 radical (unpaired) electrons. The molecular formula is C36H36N8O5S. The second-order valence-corrected chi connectivity index (χ2v) is 13.6. The lowest BCUT2D eigenvalue weighted by Crippen LogP contribution is -2.40. The molecule has 13 nitrogen and oxygen atoms in total. The zero-order valence-electron chi connectivity index (χ0n) is 27.8. The van der Waals surface area contributed by atoms with Crippen molar-refractivity contribution in [1.82, 2.24) is 30.0 Å². The third kappa shape index (κ3) is 9.37. The van der Waals surface area contributed by atoms with Crippen molar-refractivity contribution in [2.24, 2.45) is 11.4 Å². The van der Waals surface area contributed by atoms with Gasteiger partial charge in [-0.1, -0.05) is 36.1 Å². The SMILES string of the molecule is COC(=O)[C@H](Cc1cnc[nH]1)NCCC[S@@](=O)(=NC(=O)c1cncc(C#Cc2cccc(NC(=O)c3cc(C)nn3C)c2)c1)c1ccccc1. The number of aromatic nitrogens is 5. The van der Waals surface area contributed by atoms with E-state index in [1.54, 1.807) is 80.0 Å². The van der Waals surface area contributed by atoms with Gasteiger partial charge in [0.2, 0.25) is 0 Å². The van der Waals surface area contributed by atoms with Crippen LogP contribution >= 0.6 is 0 Å². The summed E-state index contributed by atoms with van der Waals surface area (Å²) in [7, 11) is -0.172. The van der Waals surface area contributed by atoms with Crippen molar-refractivity contribution >= 4 is 33.2 Å². The van der Waals surface area contributed by atoms with E-state index in [0.29, 0.717) is 46.8 Å². The van der Waals surface area contributed by atoms with Crippen molar-refractivity contribution in [2.75, 3.05) is 24.7 Å². The number of carbonyl (C=O) groups excluding carboxylic acids is 3. The first-order chi connectivity index (χ1) is 24.1. The van der Waals surface area contributed by atoms with Crippen LogP contribution in [0.5, 0.6) is 0 Å². The number of ether oxygens (including phenoxy) is 1. The lowest BCUT2D eigenvalue weighted by atomic mass is 10.1. The quantitative estimate of drug-likeness (QED) is 0.0995. The molecule has 2 amide bonds. The first-order valence-corrected chi connectivity index (χ1v) is 17.3. The van der Waals surface area contributed by atoms with Crippen molar-refractivity contribution in [2.45, 2.75) is 30.7 Å². The van der Waals surface area contributed by atoms with Crippen molar-refractivity contribution < 1.29 is 23.3 Å². The number of aromatic amines is 1. The Morgan fingerprint density at radius 1 is 1.00 bits per heavy atom. The number of carbonyl (C=O) groups is 3. The zero-order chi connectivity index (χ0) is 35.5. The van der Waals surface area contributed by atoms with Crippen LogP contribution in [0.4, 0.5) is 5.69 Å². The molecule has 2 aromatic carbocycles. The van der Waals surface area contributed by atoms with Gasteiger partial charge in [-0.05, 0) is 62.4 Å². The van der Waals surface area contributed by atoms with Crippen LogP contribution in [0.2, 0.25) is 0 Å². The van der Waals surface area contributed by atoms with Crippen LogP contribution in [0.3, 0.4) is 0 Å². The van der Waals surface area contributed by atoms with Crippen LogP contribution in [0.25, 0.3) is 0 Å². The molecule has 14 heteroatoms. The number of anilines is 1. The average molecular weight is 693 g/mol. The van der Waals surface area contributed by atoms with E-state index in [2.05, 4.69) is 46.9 Å². The minimum atomic E-state index is -3.19. The van der Waals surface area contributed by atoms with E-state index >= 15 is 0 Å². The fourth-order valence-electron chi connectivity index (χ4n) is 5.04. The number of amides is 2. The Hall–Kier alpha value is -5.91. The van der Waals surface area contributed by atoms with Gasteiger partial charge in [-0.15, -0.1) is 0 Å².